The number of ketones is 2. The van der Waals surface area contributed by atoms with Gasteiger partial charge < -0.3 is 5.43 Å². The predicted molar refractivity (Wildman–Crippen MR) is 83.0 cm³/mol. The molecule has 1 N–H and O–H groups in total. The van der Waals surface area contributed by atoms with E-state index in [1.54, 1.807) is 24.3 Å². The maximum absolute atomic E-state index is 12.5. The van der Waals surface area contributed by atoms with Gasteiger partial charge in [0.2, 0.25) is 0 Å². The van der Waals surface area contributed by atoms with Crippen LogP contribution >= 0.6 is 0 Å². The van der Waals surface area contributed by atoms with Gasteiger partial charge in [-0.05, 0) is 5.56 Å². The fourth-order valence-corrected chi connectivity index (χ4v) is 3.17. The molecule has 2 aromatic carbocycles. The van der Waals surface area contributed by atoms with E-state index in [2.05, 4.69) is 10.5 Å². The SMILES string of the molecule is O=C1c2ccccc2C(=O)C1C1=NNC(c2ccccc2)C1. The van der Waals surface area contributed by atoms with Crippen LogP contribution in [0.3, 0.4) is 0 Å². The lowest BCUT2D eigenvalue weighted by molar-refractivity contribution is 0.0882. The molecular weight excluding hydrogens is 276 g/mol. The molecule has 4 heteroatoms. The lowest BCUT2D eigenvalue weighted by Gasteiger charge is -2.10. The predicted octanol–water partition coefficient (Wildman–Crippen LogP) is 2.77. The Morgan fingerprint density at radius 1 is 0.864 bits per heavy atom. The normalized spacial score (nSPS) is 20.7. The quantitative estimate of drug-likeness (QED) is 0.865. The molecule has 0 spiro atoms. The monoisotopic (exact) mass is 290 g/mol. The van der Waals surface area contributed by atoms with Gasteiger partial charge in [-0.3, -0.25) is 9.59 Å². The van der Waals surface area contributed by atoms with E-state index in [0.29, 0.717) is 23.3 Å². The highest BCUT2D eigenvalue weighted by Crippen LogP contribution is 2.32. The summed E-state index contributed by atoms with van der Waals surface area (Å²) in [5.41, 5.74) is 5.83. The van der Waals surface area contributed by atoms with Crippen molar-refractivity contribution in [3.8, 4) is 0 Å². The minimum absolute atomic E-state index is 0.0283. The van der Waals surface area contributed by atoms with E-state index in [9.17, 15) is 9.59 Å². The van der Waals surface area contributed by atoms with E-state index in [-0.39, 0.29) is 17.6 Å². The Labute approximate surface area is 127 Å². The molecule has 4 rings (SSSR count). The van der Waals surface area contributed by atoms with Crippen LogP contribution in [0.15, 0.2) is 59.7 Å². The second-order valence-electron chi connectivity index (χ2n) is 5.61. The molecule has 2 aromatic rings. The number of carbonyl (C=O) groups excluding carboxylic acids is 2. The average molecular weight is 290 g/mol. The Hall–Kier alpha value is -2.75. The first-order valence-corrected chi connectivity index (χ1v) is 7.30. The van der Waals surface area contributed by atoms with Gasteiger partial charge in [0, 0.05) is 17.5 Å². The highest BCUT2D eigenvalue weighted by atomic mass is 16.2. The number of nitrogens with one attached hydrogen (secondary N) is 1. The molecule has 0 saturated heterocycles. The summed E-state index contributed by atoms with van der Waals surface area (Å²) in [6.45, 7) is 0. The van der Waals surface area contributed by atoms with Crippen LogP contribution < -0.4 is 5.43 Å². The number of nitrogens with zero attached hydrogens (tertiary/aromatic N) is 1. The summed E-state index contributed by atoms with van der Waals surface area (Å²) in [4.78, 5) is 25.0. The van der Waals surface area contributed by atoms with Crippen LogP contribution in [0.4, 0.5) is 0 Å². The summed E-state index contributed by atoms with van der Waals surface area (Å²) in [5.74, 6) is -1.01. The Morgan fingerprint density at radius 2 is 1.45 bits per heavy atom. The molecule has 1 aliphatic heterocycles. The van der Waals surface area contributed by atoms with Gasteiger partial charge in [0.05, 0.1) is 11.8 Å². The fourth-order valence-electron chi connectivity index (χ4n) is 3.17. The number of benzene rings is 2. The molecule has 4 nitrogen and oxygen atoms in total. The van der Waals surface area contributed by atoms with Gasteiger partial charge in [0.25, 0.3) is 0 Å². The second-order valence-corrected chi connectivity index (χ2v) is 5.61. The van der Waals surface area contributed by atoms with Crippen LogP contribution in [0.5, 0.6) is 0 Å². The topological polar surface area (TPSA) is 58.5 Å². The molecule has 0 saturated carbocycles. The number of hydrogen-bond acceptors (Lipinski definition) is 4. The zero-order valence-electron chi connectivity index (χ0n) is 11.8. The van der Waals surface area contributed by atoms with Crippen LogP contribution in [0.2, 0.25) is 0 Å². The Bertz CT molecular complexity index is 761. The van der Waals surface area contributed by atoms with Gasteiger partial charge in [0.15, 0.2) is 11.6 Å². The first-order valence-electron chi connectivity index (χ1n) is 7.30. The van der Waals surface area contributed by atoms with Crippen LogP contribution in [-0.4, -0.2) is 17.3 Å². The third-order valence-corrected chi connectivity index (χ3v) is 4.29. The van der Waals surface area contributed by atoms with Crippen molar-refractivity contribution in [3.63, 3.8) is 0 Å². The molecule has 1 unspecified atom stereocenters. The van der Waals surface area contributed by atoms with Crippen molar-refractivity contribution in [1.29, 1.82) is 0 Å². The lowest BCUT2D eigenvalue weighted by atomic mass is 9.92. The second kappa shape index (κ2) is 4.91. The summed E-state index contributed by atoms with van der Waals surface area (Å²) in [6, 6.07) is 17.0. The molecular formula is C18H14N2O2. The van der Waals surface area contributed by atoms with Crippen molar-refractivity contribution in [1.82, 2.24) is 5.43 Å². The standard InChI is InChI=1S/C18H14N2O2/c21-17-12-8-4-5-9-13(12)18(22)16(17)15-10-14(19-20-15)11-6-2-1-3-7-11/h1-9,14,16,19H,10H2. The number of rotatable bonds is 2. The lowest BCUT2D eigenvalue weighted by Crippen LogP contribution is -2.24. The van der Waals surface area contributed by atoms with Gasteiger partial charge in [-0.25, -0.2) is 0 Å². The minimum Gasteiger partial charge on any atom is -0.302 e. The molecule has 0 amide bonds. The number of hydrazone groups is 1. The average Bonchev–Trinajstić information content (AvgIpc) is 3.13. The Morgan fingerprint density at radius 3 is 2.09 bits per heavy atom. The van der Waals surface area contributed by atoms with Gasteiger partial charge >= 0.3 is 0 Å². The largest absolute Gasteiger partial charge is 0.302 e. The third kappa shape index (κ3) is 1.88. The summed E-state index contributed by atoms with van der Waals surface area (Å²) in [7, 11) is 0. The fraction of sp³-hybridized carbons (Fsp3) is 0.167. The molecule has 108 valence electrons. The van der Waals surface area contributed by atoms with Gasteiger partial charge in [-0.1, -0.05) is 54.6 Å². The molecule has 0 radical (unpaired) electrons. The van der Waals surface area contributed by atoms with E-state index in [0.717, 1.165) is 5.56 Å². The maximum atomic E-state index is 12.5. The number of Topliss-reactive ketones (excluding diaryl/α,β-unsaturated/α-hetero) is 2. The maximum Gasteiger partial charge on any atom is 0.180 e. The molecule has 0 fully saturated rings. The van der Waals surface area contributed by atoms with E-state index in [1.807, 2.05) is 30.3 Å². The molecule has 0 aromatic heterocycles. The molecule has 0 bridgehead atoms. The Balaban J connectivity index is 1.60. The van der Waals surface area contributed by atoms with Gasteiger partial charge in [-0.15, -0.1) is 0 Å². The van der Waals surface area contributed by atoms with E-state index in [1.165, 1.54) is 0 Å². The Kier molecular flexibility index (Phi) is 2.89. The van der Waals surface area contributed by atoms with Crippen molar-refractivity contribution in [3.05, 3.63) is 71.3 Å². The highest BCUT2D eigenvalue weighted by Gasteiger charge is 2.43. The summed E-state index contributed by atoms with van der Waals surface area (Å²) in [5, 5.41) is 4.28. The molecule has 1 heterocycles. The molecule has 1 aliphatic carbocycles. The van der Waals surface area contributed by atoms with Crippen molar-refractivity contribution in [2.24, 2.45) is 11.0 Å². The van der Waals surface area contributed by atoms with Crippen LogP contribution in [0, 0.1) is 5.92 Å². The zero-order chi connectivity index (χ0) is 15.1. The van der Waals surface area contributed by atoms with E-state index < -0.39 is 5.92 Å². The molecule has 2 aliphatic rings. The third-order valence-electron chi connectivity index (χ3n) is 4.29. The highest BCUT2D eigenvalue weighted by molar-refractivity contribution is 6.36. The number of carbonyl (C=O) groups is 2. The summed E-state index contributed by atoms with van der Waals surface area (Å²) >= 11 is 0. The van der Waals surface area contributed by atoms with Crippen molar-refractivity contribution >= 4 is 17.3 Å². The summed E-state index contributed by atoms with van der Waals surface area (Å²) in [6.07, 6.45) is 0.583. The number of hydrogen-bond donors (Lipinski definition) is 1. The first kappa shape index (κ1) is 13.0. The van der Waals surface area contributed by atoms with E-state index in [4.69, 9.17) is 0 Å². The van der Waals surface area contributed by atoms with Crippen molar-refractivity contribution < 1.29 is 9.59 Å². The van der Waals surface area contributed by atoms with E-state index >= 15 is 0 Å². The molecule has 1 atom stereocenters. The van der Waals surface area contributed by atoms with Crippen molar-refractivity contribution in [2.45, 2.75) is 12.5 Å². The molecule has 22 heavy (non-hydrogen) atoms. The van der Waals surface area contributed by atoms with Crippen LogP contribution in [-0.2, 0) is 0 Å². The smallest absolute Gasteiger partial charge is 0.180 e. The van der Waals surface area contributed by atoms with Gasteiger partial charge in [0.1, 0.15) is 5.92 Å². The number of fused-ring (bicyclic) bond motifs is 1. The van der Waals surface area contributed by atoms with Crippen LogP contribution in [0.25, 0.3) is 0 Å². The first-order chi connectivity index (χ1) is 10.8. The van der Waals surface area contributed by atoms with Gasteiger partial charge in [-0.2, -0.15) is 5.10 Å². The van der Waals surface area contributed by atoms with Crippen LogP contribution in [0.1, 0.15) is 38.7 Å². The van der Waals surface area contributed by atoms with Crippen molar-refractivity contribution in [2.75, 3.05) is 0 Å². The minimum atomic E-state index is -0.751. The zero-order valence-corrected chi connectivity index (χ0v) is 11.8. The summed E-state index contributed by atoms with van der Waals surface area (Å²) < 4.78 is 0.